The Hall–Kier alpha value is -0.500. The molecule has 1 aromatic carbocycles. The van der Waals surface area contributed by atoms with Crippen molar-refractivity contribution >= 4 is 29.3 Å². The summed E-state index contributed by atoms with van der Waals surface area (Å²) in [7, 11) is 0. The molecule has 0 spiro atoms. The number of hydrogen-bond donors (Lipinski definition) is 1. The lowest BCUT2D eigenvalue weighted by molar-refractivity contribution is 0.730. The molecule has 1 aliphatic rings. The Morgan fingerprint density at radius 2 is 2.13 bits per heavy atom. The first-order valence-electron chi connectivity index (χ1n) is 5.12. The van der Waals surface area contributed by atoms with Crippen LogP contribution >= 0.6 is 23.2 Å². The monoisotopic (exact) mass is 241 g/mol. The molecule has 1 unspecified atom stereocenters. The molecule has 1 heterocycles. The van der Waals surface area contributed by atoms with Crippen molar-refractivity contribution in [1.82, 2.24) is 5.32 Å². The standard InChI is InChI=1S/C12H13Cl2N/c13-11-6-4-9(8-12(11)14)3-5-10-2-1-7-15-10/h3-6,8,10,15H,1-2,7H2/b5-3+. The summed E-state index contributed by atoms with van der Waals surface area (Å²) in [5.41, 5.74) is 1.10. The fraction of sp³-hybridized carbons (Fsp3) is 0.333. The van der Waals surface area contributed by atoms with E-state index in [4.69, 9.17) is 23.2 Å². The maximum absolute atomic E-state index is 5.93. The van der Waals surface area contributed by atoms with Crippen molar-refractivity contribution in [3.8, 4) is 0 Å². The highest BCUT2D eigenvalue weighted by molar-refractivity contribution is 6.42. The maximum atomic E-state index is 5.93. The van der Waals surface area contributed by atoms with Crippen molar-refractivity contribution in [2.24, 2.45) is 0 Å². The van der Waals surface area contributed by atoms with Gasteiger partial charge in [-0.1, -0.05) is 41.4 Å². The first-order valence-corrected chi connectivity index (χ1v) is 5.88. The van der Waals surface area contributed by atoms with Crippen LogP contribution in [0.25, 0.3) is 6.08 Å². The third kappa shape index (κ3) is 2.97. The van der Waals surface area contributed by atoms with Gasteiger partial charge in [-0.3, -0.25) is 0 Å². The van der Waals surface area contributed by atoms with Crippen LogP contribution in [0.4, 0.5) is 0 Å². The lowest BCUT2D eigenvalue weighted by Gasteiger charge is -2.02. The van der Waals surface area contributed by atoms with E-state index in [-0.39, 0.29) is 0 Å². The molecule has 0 radical (unpaired) electrons. The van der Waals surface area contributed by atoms with Crippen LogP contribution in [0, 0.1) is 0 Å². The first-order chi connectivity index (χ1) is 7.25. The van der Waals surface area contributed by atoms with Gasteiger partial charge in [0.15, 0.2) is 0 Å². The summed E-state index contributed by atoms with van der Waals surface area (Å²) in [5.74, 6) is 0. The zero-order chi connectivity index (χ0) is 10.7. The topological polar surface area (TPSA) is 12.0 Å². The molecule has 80 valence electrons. The second kappa shape index (κ2) is 5.02. The van der Waals surface area contributed by atoms with Crippen molar-refractivity contribution in [2.75, 3.05) is 6.54 Å². The summed E-state index contributed by atoms with van der Waals surface area (Å²) < 4.78 is 0. The average molecular weight is 242 g/mol. The highest BCUT2D eigenvalue weighted by Gasteiger charge is 2.09. The van der Waals surface area contributed by atoms with Crippen LogP contribution in [0.5, 0.6) is 0 Å². The van der Waals surface area contributed by atoms with Crippen molar-refractivity contribution in [1.29, 1.82) is 0 Å². The third-order valence-corrected chi connectivity index (χ3v) is 3.30. The van der Waals surface area contributed by atoms with E-state index in [0.717, 1.165) is 12.1 Å². The lowest BCUT2D eigenvalue weighted by Crippen LogP contribution is -2.17. The number of benzene rings is 1. The van der Waals surface area contributed by atoms with Crippen molar-refractivity contribution in [3.05, 3.63) is 39.9 Å². The Morgan fingerprint density at radius 1 is 1.27 bits per heavy atom. The molecule has 1 aromatic rings. The minimum Gasteiger partial charge on any atom is -0.311 e. The summed E-state index contributed by atoms with van der Waals surface area (Å²) in [4.78, 5) is 0. The van der Waals surface area contributed by atoms with Crippen LogP contribution in [0.15, 0.2) is 24.3 Å². The fourth-order valence-electron chi connectivity index (χ4n) is 1.72. The Morgan fingerprint density at radius 3 is 2.80 bits per heavy atom. The van der Waals surface area contributed by atoms with Crippen LogP contribution in [0.1, 0.15) is 18.4 Å². The summed E-state index contributed by atoms with van der Waals surface area (Å²) in [6.07, 6.45) is 6.76. The summed E-state index contributed by atoms with van der Waals surface area (Å²) in [6, 6.07) is 6.19. The largest absolute Gasteiger partial charge is 0.311 e. The Bertz CT molecular complexity index is 368. The summed E-state index contributed by atoms with van der Waals surface area (Å²) in [6.45, 7) is 1.12. The van der Waals surface area contributed by atoms with E-state index in [0.29, 0.717) is 16.1 Å². The Balaban J connectivity index is 2.06. The fourth-order valence-corrected chi connectivity index (χ4v) is 2.03. The molecule has 15 heavy (non-hydrogen) atoms. The van der Waals surface area contributed by atoms with E-state index in [1.54, 1.807) is 0 Å². The van der Waals surface area contributed by atoms with E-state index in [2.05, 4.69) is 17.5 Å². The molecular weight excluding hydrogens is 229 g/mol. The van der Waals surface area contributed by atoms with Gasteiger partial charge >= 0.3 is 0 Å². The molecular formula is C12H13Cl2N. The van der Waals surface area contributed by atoms with Crippen LogP contribution in [0.2, 0.25) is 10.0 Å². The second-order valence-electron chi connectivity index (χ2n) is 3.74. The second-order valence-corrected chi connectivity index (χ2v) is 4.55. The molecule has 0 saturated carbocycles. The molecule has 0 aromatic heterocycles. The van der Waals surface area contributed by atoms with Crippen LogP contribution in [-0.2, 0) is 0 Å². The zero-order valence-electron chi connectivity index (χ0n) is 8.34. The Kier molecular flexibility index (Phi) is 3.68. The van der Waals surface area contributed by atoms with Gasteiger partial charge in [-0.2, -0.15) is 0 Å². The van der Waals surface area contributed by atoms with Crippen LogP contribution in [0.3, 0.4) is 0 Å². The SMILES string of the molecule is Clc1ccc(/C=C/C2CCCN2)cc1Cl. The van der Waals surface area contributed by atoms with Gasteiger partial charge in [0.05, 0.1) is 10.0 Å². The predicted octanol–water partition coefficient (Wildman–Crippen LogP) is 3.76. The zero-order valence-corrected chi connectivity index (χ0v) is 9.85. The normalized spacial score (nSPS) is 21.3. The van der Waals surface area contributed by atoms with Gasteiger partial charge in [-0.25, -0.2) is 0 Å². The Labute approximate surface area is 100 Å². The minimum atomic E-state index is 0.513. The molecule has 1 fully saturated rings. The molecule has 2 rings (SSSR count). The number of hydrogen-bond acceptors (Lipinski definition) is 1. The summed E-state index contributed by atoms with van der Waals surface area (Å²) >= 11 is 11.8. The van der Waals surface area contributed by atoms with Gasteiger partial charge in [-0.05, 0) is 37.1 Å². The molecule has 0 amide bonds. The third-order valence-electron chi connectivity index (χ3n) is 2.56. The van der Waals surface area contributed by atoms with E-state index in [9.17, 15) is 0 Å². The molecule has 0 aliphatic carbocycles. The number of rotatable bonds is 2. The first kappa shape index (κ1) is 11.0. The van der Waals surface area contributed by atoms with Gasteiger partial charge in [0.25, 0.3) is 0 Å². The molecule has 0 bridgehead atoms. The van der Waals surface area contributed by atoms with Gasteiger partial charge in [0.2, 0.25) is 0 Å². The van der Waals surface area contributed by atoms with Gasteiger partial charge < -0.3 is 5.32 Å². The van der Waals surface area contributed by atoms with Crippen LogP contribution < -0.4 is 5.32 Å². The van der Waals surface area contributed by atoms with Gasteiger partial charge in [-0.15, -0.1) is 0 Å². The van der Waals surface area contributed by atoms with E-state index >= 15 is 0 Å². The van der Waals surface area contributed by atoms with E-state index in [1.807, 2.05) is 18.2 Å². The molecule has 1 aliphatic heterocycles. The smallest absolute Gasteiger partial charge is 0.0598 e. The quantitative estimate of drug-likeness (QED) is 0.832. The lowest BCUT2D eigenvalue weighted by atomic mass is 10.1. The van der Waals surface area contributed by atoms with E-state index < -0.39 is 0 Å². The number of nitrogens with one attached hydrogen (secondary N) is 1. The average Bonchev–Trinajstić information content (AvgIpc) is 2.73. The van der Waals surface area contributed by atoms with Crippen LogP contribution in [-0.4, -0.2) is 12.6 Å². The predicted molar refractivity (Wildman–Crippen MR) is 66.5 cm³/mol. The molecule has 1 N–H and O–H groups in total. The highest BCUT2D eigenvalue weighted by atomic mass is 35.5. The van der Waals surface area contributed by atoms with E-state index in [1.165, 1.54) is 12.8 Å². The summed E-state index contributed by atoms with van der Waals surface area (Å²) in [5, 5.41) is 4.62. The molecule has 1 atom stereocenters. The van der Waals surface area contributed by atoms with Gasteiger partial charge in [0.1, 0.15) is 0 Å². The van der Waals surface area contributed by atoms with Crippen molar-refractivity contribution in [3.63, 3.8) is 0 Å². The van der Waals surface area contributed by atoms with Crippen molar-refractivity contribution < 1.29 is 0 Å². The van der Waals surface area contributed by atoms with Gasteiger partial charge in [0, 0.05) is 6.04 Å². The minimum absolute atomic E-state index is 0.513. The number of halogens is 2. The van der Waals surface area contributed by atoms with Crippen molar-refractivity contribution in [2.45, 2.75) is 18.9 Å². The molecule has 1 saturated heterocycles. The highest BCUT2D eigenvalue weighted by Crippen LogP contribution is 2.23. The maximum Gasteiger partial charge on any atom is 0.0598 e. The molecule has 1 nitrogen and oxygen atoms in total. The molecule has 3 heteroatoms.